The van der Waals surface area contributed by atoms with E-state index >= 15 is 0 Å². The fourth-order valence-corrected chi connectivity index (χ4v) is 2.04. The Morgan fingerprint density at radius 2 is 2.19 bits per heavy atom. The van der Waals surface area contributed by atoms with Crippen LogP contribution in [-0.4, -0.2) is 35.4 Å². The molecule has 9 heteroatoms. The number of non-ortho nitro benzene ring substituents is 1. The van der Waals surface area contributed by atoms with E-state index in [0.29, 0.717) is 5.75 Å². The zero-order valence-corrected chi connectivity index (χ0v) is 11.9. The molecule has 1 N–H and O–H groups in total. The predicted octanol–water partition coefficient (Wildman–Crippen LogP) is 1.97. The maximum atomic E-state index is 13.4. The Morgan fingerprint density at radius 3 is 2.81 bits per heavy atom. The quantitative estimate of drug-likeness (QED) is 0.357. The molecule has 0 aliphatic carbocycles. The van der Waals surface area contributed by atoms with Gasteiger partial charge >= 0.3 is 5.97 Å². The summed E-state index contributed by atoms with van der Waals surface area (Å²) in [5.74, 6) is -1.26. The third-order valence-corrected chi connectivity index (χ3v) is 3.31. The van der Waals surface area contributed by atoms with Crippen LogP contribution in [0.3, 0.4) is 0 Å². The molecule has 0 atom stereocenters. The fraction of sp³-hybridized carbons (Fsp3) is 0.333. The number of methoxy groups -OCH3 is 1. The summed E-state index contributed by atoms with van der Waals surface area (Å²) >= 11 is 1.17. The SMILES string of the molecule is COC(=O)CCSCC(=O)Nc1cc([N+](=O)[O-])ccc1F. The van der Waals surface area contributed by atoms with Crippen LogP contribution < -0.4 is 5.32 Å². The standard InChI is InChI=1S/C12H13FN2O5S/c1-20-12(17)4-5-21-7-11(16)14-10-6-8(15(18)19)2-3-9(10)13/h2-3,6H,4-5,7H2,1H3,(H,14,16). The van der Waals surface area contributed by atoms with Crippen molar-refractivity contribution in [1.29, 1.82) is 0 Å². The number of ether oxygens (including phenoxy) is 1. The minimum atomic E-state index is -0.756. The number of nitrogens with one attached hydrogen (secondary N) is 1. The largest absolute Gasteiger partial charge is 0.469 e. The van der Waals surface area contributed by atoms with Gasteiger partial charge in [-0.05, 0) is 6.07 Å². The molecular formula is C12H13FN2O5S. The first-order chi connectivity index (χ1) is 9.93. The van der Waals surface area contributed by atoms with Crippen molar-refractivity contribution in [1.82, 2.24) is 0 Å². The van der Waals surface area contributed by atoms with E-state index in [-0.39, 0.29) is 29.5 Å². The lowest BCUT2D eigenvalue weighted by atomic mass is 10.2. The van der Waals surface area contributed by atoms with Crippen molar-refractivity contribution in [3.05, 3.63) is 34.1 Å². The zero-order chi connectivity index (χ0) is 15.8. The second-order valence-corrected chi connectivity index (χ2v) is 4.95. The topological polar surface area (TPSA) is 98.5 Å². The van der Waals surface area contributed by atoms with Crippen LogP contribution in [0.4, 0.5) is 15.8 Å². The van der Waals surface area contributed by atoms with Crippen molar-refractivity contribution in [3.63, 3.8) is 0 Å². The molecule has 0 aromatic heterocycles. The van der Waals surface area contributed by atoms with Gasteiger partial charge in [0.05, 0.1) is 29.9 Å². The Labute approximate surface area is 124 Å². The van der Waals surface area contributed by atoms with Crippen LogP contribution >= 0.6 is 11.8 Å². The molecule has 1 amide bonds. The normalized spacial score (nSPS) is 10.0. The second kappa shape index (κ2) is 8.20. The van der Waals surface area contributed by atoms with Gasteiger partial charge in [-0.3, -0.25) is 19.7 Å². The molecule has 7 nitrogen and oxygen atoms in total. The van der Waals surface area contributed by atoms with Gasteiger partial charge in [-0.25, -0.2) is 4.39 Å². The van der Waals surface area contributed by atoms with Crippen molar-refractivity contribution in [2.45, 2.75) is 6.42 Å². The number of nitro benzene ring substituents is 1. The Bertz CT molecular complexity index is 552. The lowest BCUT2D eigenvalue weighted by Gasteiger charge is -2.06. The molecule has 0 saturated carbocycles. The minimum Gasteiger partial charge on any atom is -0.469 e. The van der Waals surface area contributed by atoms with Gasteiger partial charge in [0.25, 0.3) is 5.69 Å². The highest BCUT2D eigenvalue weighted by molar-refractivity contribution is 7.99. The van der Waals surface area contributed by atoms with Crippen LogP contribution in [-0.2, 0) is 14.3 Å². The highest BCUT2D eigenvalue weighted by Crippen LogP contribution is 2.21. The Kier molecular flexibility index (Phi) is 6.60. The number of anilines is 1. The number of halogens is 1. The van der Waals surface area contributed by atoms with E-state index in [1.54, 1.807) is 0 Å². The van der Waals surface area contributed by atoms with Gasteiger partial charge < -0.3 is 10.1 Å². The van der Waals surface area contributed by atoms with Crippen molar-refractivity contribution in [2.24, 2.45) is 0 Å². The van der Waals surface area contributed by atoms with E-state index in [1.807, 2.05) is 0 Å². The molecule has 0 aliphatic rings. The van der Waals surface area contributed by atoms with E-state index in [1.165, 1.54) is 18.9 Å². The third-order valence-electron chi connectivity index (χ3n) is 2.35. The molecule has 0 heterocycles. The number of amides is 1. The highest BCUT2D eigenvalue weighted by Gasteiger charge is 2.13. The summed E-state index contributed by atoms with van der Waals surface area (Å²) in [6, 6.07) is 2.88. The molecule has 0 unspecified atom stereocenters. The Balaban J connectivity index is 2.49. The minimum absolute atomic E-state index is 0.000867. The number of hydrogen-bond acceptors (Lipinski definition) is 6. The second-order valence-electron chi connectivity index (χ2n) is 3.85. The zero-order valence-electron chi connectivity index (χ0n) is 11.1. The molecule has 21 heavy (non-hydrogen) atoms. The number of nitrogens with zero attached hydrogens (tertiary/aromatic N) is 1. The predicted molar refractivity (Wildman–Crippen MR) is 75.6 cm³/mol. The lowest BCUT2D eigenvalue weighted by molar-refractivity contribution is -0.384. The van der Waals surface area contributed by atoms with Crippen LogP contribution in [0.5, 0.6) is 0 Å². The average molecular weight is 316 g/mol. The summed E-state index contributed by atoms with van der Waals surface area (Å²) in [6.45, 7) is 0. The molecule has 0 bridgehead atoms. The number of esters is 1. The maximum absolute atomic E-state index is 13.4. The van der Waals surface area contributed by atoms with Gasteiger partial charge in [0, 0.05) is 17.9 Å². The number of rotatable bonds is 7. The van der Waals surface area contributed by atoms with Crippen LogP contribution in [0, 0.1) is 15.9 Å². The summed E-state index contributed by atoms with van der Waals surface area (Å²) < 4.78 is 17.9. The van der Waals surface area contributed by atoms with E-state index in [9.17, 15) is 24.1 Å². The molecule has 0 spiro atoms. The molecule has 0 fully saturated rings. The molecule has 1 rings (SSSR count). The number of thioether (sulfide) groups is 1. The van der Waals surface area contributed by atoms with Crippen molar-refractivity contribution >= 4 is 35.0 Å². The first-order valence-electron chi connectivity index (χ1n) is 5.82. The molecule has 1 aromatic rings. The van der Waals surface area contributed by atoms with Gasteiger partial charge in [-0.15, -0.1) is 0 Å². The Hall–Kier alpha value is -2.16. The molecule has 0 saturated heterocycles. The van der Waals surface area contributed by atoms with Gasteiger partial charge in [-0.1, -0.05) is 0 Å². The van der Waals surface area contributed by atoms with Gasteiger partial charge in [-0.2, -0.15) is 11.8 Å². The van der Waals surface area contributed by atoms with Crippen LogP contribution in [0.25, 0.3) is 0 Å². The highest BCUT2D eigenvalue weighted by atomic mass is 32.2. The number of carbonyl (C=O) groups is 2. The summed E-state index contributed by atoms with van der Waals surface area (Å²) in [6.07, 6.45) is 0.166. The number of benzene rings is 1. The van der Waals surface area contributed by atoms with E-state index in [4.69, 9.17) is 0 Å². The van der Waals surface area contributed by atoms with Gasteiger partial charge in [0.2, 0.25) is 5.91 Å². The summed E-state index contributed by atoms with van der Waals surface area (Å²) in [4.78, 5) is 32.3. The van der Waals surface area contributed by atoms with Crippen LogP contribution in [0.15, 0.2) is 18.2 Å². The first kappa shape index (κ1) is 16.9. The molecule has 1 aromatic carbocycles. The molecule has 0 radical (unpaired) electrons. The maximum Gasteiger partial charge on any atom is 0.306 e. The molecular weight excluding hydrogens is 303 g/mol. The van der Waals surface area contributed by atoms with Crippen molar-refractivity contribution < 1.29 is 23.6 Å². The van der Waals surface area contributed by atoms with Crippen LogP contribution in [0.2, 0.25) is 0 Å². The summed E-state index contributed by atoms with van der Waals surface area (Å²) in [7, 11) is 1.27. The smallest absolute Gasteiger partial charge is 0.306 e. The van der Waals surface area contributed by atoms with E-state index in [0.717, 1.165) is 18.2 Å². The molecule has 0 aliphatic heterocycles. The number of hydrogen-bond donors (Lipinski definition) is 1. The summed E-state index contributed by atoms with van der Waals surface area (Å²) in [5, 5.41) is 12.8. The van der Waals surface area contributed by atoms with Crippen LogP contribution in [0.1, 0.15) is 6.42 Å². The fourth-order valence-electron chi connectivity index (χ4n) is 1.33. The van der Waals surface area contributed by atoms with Crippen molar-refractivity contribution in [2.75, 3.05) is 23.9 Å². The number of nitro groups is 1. The van der Waals surface area contributed by atoms with E-state index in [2.05, 4.69) is 10.1 Å². The summed E-state index contributed by atoms with van der Waals surface area (Å²) in [5.41, 5.74) is -0.562. The first-order valence-corrected chi connectivity index (χ1v) is 6.98. The van der Waals surface area contributed by atoms with Crippen molar-refractivity contribution in [3.8, 4) is 0 Å². The lowest BCUT2D eigenvalue weighted by Crippen LogP contribution is -2.16. The third kappa shape index (κ3) is 5.78. The number of carbonyl (C=O) groups excluding carboxylic acids is 2. The average Bonchev–Trinajstić information content (AvgIpc) is 2.45. The monoisotopic (exact) mass is 316 g/mol. The Morgan fingerprint density at radius 1 is 1.48 bits per heavy atom. The van der Waals surface area contributed by atoms with Gasteiger partial charge in [0.15, 0.2) is 0 Å². The van der Waals surface area contributed by atoms with Gasteiger partial charge in [0.1, 0.15) is 5.82 Å². The molecule has 114 valence electrons. The van der Waals surface area contributed by atoms with E-state index < -0.39 is 16.6 Å².